The predicted molar refractivity (Wildman–Crippen MR) is 125 cm³/mol. The Kier molecular flexibility index (Phi) is 6.32. The first kappa shape index (κ1) is 23.8. The summed E-state index contributed by atoms with van der Waals surface area (Å²) in [6, 6.07) is 7.88. The van der Waals surface area contributed by atoms with Gasteiger partial charge in [0, 0.05) is 31.1 Å². The molecule has 0 bridgehead atoms. The summed E-state index contributed by atoms with van der Waals surface area (Å²) in [6.45, 7) is 0.797. The van der Waals surface area contributed by atoms with E-state index in [1.54, 1.807) is 12.1 Å². The molecule has 1 aliphatic heterocycles. The number of amides is 1. The van der Waals surface area contributed by atoms with Crippen molar-refractivity contribution in [1.82, 2.24) is 19.7 Å². The van der Waals surface area contributed by atoms with Crippen molar-refractivity contribution < 1.29 is 26.4 Å². The molecule has 2 aromatic carbocycles. The zero-order valence-corrected chi connectivity index (χ0v) is 19.5. The van der Waals surface area contributed by atoms with Gasteiger partial charge in [-0.25, -0.2) is 22.6 Å². The largest absolute Gasteiger partial charge is 0.356 e. The number of aromatic amines is 1. The molecule has 3 aromatic rings. The molecule has 5 rings (SSSR count). The smallest absolute Gasteiger partial charge is 0.276 e. The first-order chi connectivity index (χ1) is 16.7. The molecule has 2 heterocycles. The van der Waals surface area contributed by atoms with Crippen LogP contribution in [-0.4, -0.2) is 38.9 Å². The molecule has 1 amide bonds. The molecule has 1 saturated carbocycles. The summed E-state index contributed by atoms with van der Waals surface area (Å²) < 4.78 is 71.6. The number of halogens is 3. The number of nitrogens with one attached hydrogen (secondary N) is 4. The predicted octanol–water partition coefficient (Wildman–Crippen LogP) is 3.31. The molecule has 35 heavy (non-hydrogen) atoms. The van der Waals surface area contributed by atoms with Crippen LogP contribution in [0.4, 0.5) is 13.2 Å². The third-order valence-electron chi connectivity index (χ3n) is 6.89. The quantitative estimate of drug-likeness (QED) is 0.377. The summed E-state index contributed by atoms with van der Waals surface area (Å²) in [7, 11) is -3.76. The van der Waals surface area contributed by atoms with Crippen molar-refractivity contribution in [3.05, 3.63) is 59.4 Å². The average Bonchev–Trinajstić information content (AvgIpc) is 3.35. The van der Waals surface area contributed by atoms with E-state index >= 15 is 0 Å². The van der Waals surface area contributed by atoms with E-state index in [9.17, 15) is 26.4 Å². The number of hydrogen-bond acceptors (Lipinski definition) is 3. The molecule has 1 atom stereocenters. The standard InChI is InChI=1S/C24H25F3N4O3S/c25-17-3-1-14(2-4-17)22-21(19-9-18(26)10-20(27)23(19)31-22)16-7-13(8-16)11-29-35(33,34)30-12-15-5-6-28-24(15)32/h1-4,9-10,13,15-16,29-31H,5-8,11-12H2,(H,28,32)/t13-,15?,16-. The normalized spacial score (nSPS) is 22.4. The molecule has 11 heteroatoms. The van der Waals surface area contributed by atoms with Gasteiger partial charge in [0.1, 0.15) is 17.5 Å². The number of fused-ring (bicyclic) bond motifs is 1. The van der Waals surface area contributed by atoms with E-state index in [1.807, 2.05) is 0 Å². The fourth-order valence-electron chi connectivity index (χ4n) is 4.98. The molecule has 0 radical (unpaired) electrons. The lowest BCUT2D eigenvalue weighted by molar-refractivity contribution is -0.122. The van der Waals surface area contributed by atoms with Crippen LogP contribution in [0.1, 0.15) is 30.7 Å². The van der Waals surface area contributed by atoms with Gasteiger partial charge in [0.05, 0.1) is 17.1 Å². The number of carbonyl (C=O) groups excluding carboxylic acids is 1. The van der Waals surface area contributed by atoms with Gasteiger partial charge in [-0.3, -0.25) is 4.79 Å². The molecule has 2 fully saturated rings. The highest BCUT2D eigenvalue weighted by atomic mass is 32.2. The minimum absolute atomic E-state index is 0.0378. The van der Waals surface area contributed by atoms with Gasteiger partial charge in [-0.1, -0.05) is 0 Å². The highest BCUT2D eigenvalue weighted by Gasteiger charge is 2.35. The number of hydrogen-bond donors (Lipinski definition) is 4. The van der Waals surface area contributed by atoms with Gasteiger partial charge in [0.15, 0.2) is 0 Å². The van der Waals surface area contributed by atoms with Crippen LogP contribution in [0.5, 0.6) is 0 Å². The molecule has 186 valence electrons. The Bertz CT molecular complexity index is 1370. The lowest BCUT2D eigenvalue weighted by Gasteiger charge is -2.36. The van der Waals surface area contributed by atoms with Gasteiger partial charge in [-0.2, -0.15) is 8.42 Å². The molecule has 1 saturated heterocycles. The van der Waals surface area contributed by atoms with Crippen LogP contribution in [0, 0.1) is 29.3 Å². The van der Waals surface area contributed by atoms with Crippen molar-refractivity contribution in [3.8, 4) is 11.3 Å². The Morgan fingerprint density at radius 3 is 2.37 bits per heavy atom. The number of aromatic nitrogens is 1. The summed E-state index contributed by atoms with van der Waals surface area (Å²) in [6.07, 6.45) is 1.83. The molecule has 4 N–H and O–H groups in total. The number of carbonyl (C=O) groups is 1. The van der Waals surface area contributed by atoms with E-state index in [0.717, 1.165) is 11.6 Å². The first-order valence-corrected chi connectivity index (χ1v) is 13.0. The third-order valence-corrected chi connectivity index (χ3v) is 7.98. The van der Waals surface area contributed by atoms with Crippen LogP contribution in [0.2, 0.25) is 0 Å². The highest BCUT2D eigenvalue weighted by molar-refractivity contribution is 7.87. The van der Waals surface area contributed by atoms with Gasteiger partial charge in [0.2, 0.25) is 5.91 Å². The molecular formula is C24H25F3N4O3S. The second-order valence-corrected chi connectivity index (χ2v) is 10.8. The van der Waals surface area contributed by atoms with E-state index in [1.165, 1.54) is 18.2 Å². The lowest BCUT2D eigenvalue weighted by atomic mass is 9.70. The van der Waals surface area contributed by atoms with Crippen LogP contribution >= 0.6 is 0 Å². The third kappa shape index (κ3) is 4.93. The fraction of sp³-hybridized carbons (Fsp3) is 0.375. The van der Waals surface area contributed by atoms with Crippen molar-refractivity contribution in [1.29, 1.82) is 0 Å². The van der Waals surface area contributed by atoms with Crippen molar-refractivity contribution in [2.24, 2.45) is 11.8 Å². The monoisotopic (exact) mass is 506 g/mol. The Morgan fingerprint density at radius 1 is 0.971 bits per heavy atom. The molecule has 7 nitrogen and oxygen atoms in total. The Morgan fingerprint density at radius 2 is 1.69 bits per heavy atom. The zero-order valence-electron chi connectivity index (χ0n) is 18.7. The average molecular weight is 507 g/mol. The maximum absolute atomic E-state index is 14.5. The zero-order chi connectivity index (χ0) is 24.7. The second-order valence-electron chi connectivity index (χ2n) is 9.24. The van der Waals surface area contributed by atoms with Crippen LogP contribution in [0.3, 0.4) is 0 Å². The minimum atomic E-state index is -3.76. The van der Waals surface area contributed by atoms with Crippen LogP contribution in [0.15, 0.2) is 36.4 Å². The van der Waals surface area contributed by atoms with Crippen LogP contribution in [-0.2, 0) is 15.0 Å². The molecule has 1 aromatic heterocycles. The van der Waals surface area contributed by atoms with E-state index in [4.69, 9.17) is 0 Å². The van der Waals surface area contributed by atoms with Crippen LogP contribution in [0.25, 0.3) is 22.2 Å². The molecule has 2 aliphatic rings. The summed E-state index contributed by atoms with van der Waals surface area (Å²) >= 11 is 0. The minimum Gasteiger partial charge on any atom is -0.356 e. The topological polar surface area (TPSA) is 103 Å². The fourth-order valence-corrected chi connectivity index (χ4v) is 5.95. The summed E-state index contributed by atoms with van der Waals surface area (Å²) in [5.41, 5.74) is 2.19. The Hall–Kier alpha value is -2.89. The summed E-state index contributed by atoms with van der Waals surface area (Å²) in [4.78, 5) is 14.7. The maximum atomic E-state index is 14.5. The Balaban J connectivity index is 1.29. The molecule has 0 spiro atoms. The highest BCUT2D eigenvalue weighted by Crippen LogP contribution is 2.48. The lowest BCUT2D eigenvalue weighted by Crippen LogP contribution is -2.43. The number of H-pyrrole nitrogens is 1. The van der Waals surface area contributed by atoms with E-state index in [2.05, 4.69) is 19.7 Å². The second kappa shape index (κ2) is 9.29. The number of benzene rings is 2. The van der Waals surface area contributed by atoms with Gasteiger partial charge in [0.25, 0.3) is 10.2 Å². The van der Waals surface area contributed by atoms with E-state index < -0.39 is 27.7 Å². The van der Waals surface area contributed by atoms with Gasteiger partial charge < -0.3 is 10.3 Å². The van der Waals surface area contributed by atoms with Crippen molar-refractivity contribution in [2.45, 2.75) is 25.2 Å². The maximum Gasteiger partial charge on any atom is 0.276 e. The van der Waals surface area contributed by atoms with E-state index in [0.29, 0.717) is 42.5 Å². The number of rotatable bonds is 8. The SMILES string of the molecule is O=C1NCCC1CNS(=O)(=O)NC[C@H]1C[C@H](c2c(-c3ccc(F)cc3)[nH]c3c(F)cc(F)cc32)C1. The van der Waals surface area contributed by atoms with Crippen molar-refractivity contribution in [2.75, 3.05) is 19.6 Å². The Labute approximate surface area is 200 Å². The first-order valence-electron chi connectivity index (χ1n) is 11.5. The van der Waals surface area contributed by atoms with E-state index in [-0.39, 0.29) is 42.3 Å². The van der Waals surface area contributed by atoms with Crippen molar-refractivity contribution >= 4 is 27.0 Å². The van der Waals surface area contributed by atoms with Crippen LogP contribution < -0.4 is 14.8 Å². The van der Waals surface area contributed by atoms with Crippen molar-refractivity contribution in [3.63, 3.8) is 0 Å². The summed E-state index contributed by atoms with van der Waals surface area (Å²) in [5, 5.41) is 3.10. The molecule has 1 unspecified atom stereocenters. The summed E-state index contributed by atoms with van der Waals surface area (Å²) in [5.74, 6) is -2.33. The van der Waals surface area contributed by atoms with Gasteiger partial charge >= 0.3 is 0 Å². The molecular weight excluding hydrogens is 481 g/mol. The van der Waals surface area contributed by atoms with Gasteiger partial charge in [-0.15, -0.1) is 0 Å². The molecule has 1 aliphatic carbocycles. The van der Waals surface area contributed by atoms with Gasteiger partial charge in [-0.05, 0) is 72.6 Å².